The van der Waals surface area contributed by atoms with Gasteiger partial charge >= 0.3 is 0 Å². The second-order valence-electron chi connectivity index (χ2n) is 3.14. The number of rotatable bonds is 6. The molecule has 1 aromatic carbocycles. The van der Waals surface area contributed by atoms with Crippen molar-refractivity contribution in [2.24, 2.45) is 5.73 Å². The van der Waals surface area contributed by atoms with Crippen LogP contribution in [0.3, 0.4) is 0 Å². The van der Waals surface area contributed by atoms with E-state index >= 15 is 0 Å². The summed E-state index contributed by atoms with van der Waals surface area (Å²) in [6, 6.07) is 6.41. The molecule has 0 radical (unpaired) electrons. The molecule has 0 aromatic heterocycles. The fourth-order valence-electron chi connectivity index (χ4n) is 1.22. The third-order valence-electron chi connectivity index (χ3n) is 1.97. The van der Waals surface area contributed by atoms with Gasteiger partial charge in [-0.05, 0) is 46.6 Å². The predicted octanol–water partition coefficient (Wildman–Crippen LogP) is 2.69. The molecule has 1 aromatic rings. The summed E-state index contributed by atoms with van der Waals surface area (Å²) >= 11 is 5.36. The van der Waals surface area contributed by atoms with Gasteiger partial charge in [0.1, 0.15) is 0 Å². The first-order valence-electron chi connectivity index (χ1n) is 4.88. The Kier molecular flexibility index (Phi) is 6.32. The van der Waals surface area contributed by atoms with Crippen LogP contribution < -0.4 is 5.73 Å². The number of halogens is 1. The lowest BCUT2D eigenvalue weighted by Crippen LogP contribution is -2.02. The second kappa shape index (κ2) is 7.28. The molecule has 0 atom stereocenters. The monoisotopic (exact) mass is 289 g/mol. The Balaban J connectivity index is 2.58. The van der Waals surface area contributed by atoms with E-state index in [1.54, 1.807) is 18.9 Å². The highest BCUT2D eigenvalue weighted by Gasteiger charge is 2.01. The van der Waals surface area contributed by atoms with Crippen LogP contribution >= 0.6 is 27.7 Å². The molecular formula is C11H16BrNOS. The highest BCUT2D eigenvalue weighted by atomic mass is 79.9. The molecule has 0 bridgehead atoms. The van der Waals surface area contributed by atoms with Crippen molar-refractivity contribution in [3.63, 3.8) is 0 Å². The largest absolute Gasteiger partial charge is 0.384 e. The van der Waals surface area contributed by atoms with Crippen molar-refractivity contribution in [1.82, 2.24) is 0 Å². The molecule has 0 saturated carbocycles. The SMILES string of the molecule is COCCSc1ccc(CCN)cc1Br. The van der Waals surface area contributed by atoms with Gasteiger partial charge in [0.2, 0.25) is 0 Å². The maximum Gasteiger partial charge on any atom is 0.0556 e. The maximum absolute atomic E-state index is 5.51. The van der Waals surface area contributed by atoms with Gasteiger partial charge < -0.3 is 10.5 Å². The second-order valence-corrected chi connectivity index (χ2v) is 5.14. The van der Waals surface area contributed by atoms with Crippen molar-refractivity contribution in [2.45, 2.75) is 11.3 Å². The molecule has 1 rings (SSSR count). The van der Waals surface area contributed by atoms with Gasteiger partial charge in [-0.1, -0.05) is 6.07 Å². The molecular weight excluding hydrogens is 274 g/mol. The van der Waals surface area contributed by atoms with Crippen molar-refractivity contribution < 1.29 is 4.74 Å². The number of ether oxygens (including phenoxy) is 1. The van der Waals surface area contributed by atoms with E-state index in [1.165, 1.54) is 10.5 Å². The van der Waals surface area contributed by atoms with E-state index in [-0.39, 0.29) is 0 Å². The highest BCUT2D eigenvalue weighted by molar-refractivity contribution is 9.10. The Bertz CT molecular complexity index is 307. The van der Waals surface area contributed by atoms with Gasteiger partial charge in [-0.2, -0.15) is 0 Å². The number of methoxy groups -OCH3 is 1. The number of hydrogen-bond acceptors (Lipinski definition) is 3. The van der Waals surface area contributed by atoms with E-state index < -0.39 is 0 Å². The minimum atomic E-state index is 0.697. The summed E-state index contributed by atoms with van der Waals surface area (Å²) < 4.78 is 6.16. The summed E-state index contributed by atoms with van der Waals surface area (Å²) in [5.41, 5.74) is 6.79. The summed E-state index contributed by atoms with van der Waals surface area (Å²) in [6.07, 6.45) is 0.932. The van der Waals surface area contributed by atoms with Crippen molar-refractivity contribution in [3.8, 4) is 0 Å². The number of benzene rings is 1. The molecule has 0 heterocycles. The Hall–Kier alpha value is -0.0300. The van der Waals surface area contributed by atoms with Crippen molar-refractivity contribution in [3.05, 3.63) is 28.2 Å². The topological polar surface area (TPSA) is 35.2 Å². The molecule has 0 unspecified atom stereocenters. The molecule has 0 aliphatic carbocycles. The van der Waals surface area contributed by atoms with Crippen LogP contribution in [-0.4, -0.2) is 26.0 Å². The van der Waals surface area contributed by atoms with Crippen LogP contribution in [0.4, 0.5) is 0 Å². The third kappa shape index (κ3) is 4.55. The lowest BCUT2D eigenvalue weighted by molar-refractivity contribution is 0.218. The van der Waals surface area contributed by atoms with Gasteiger partial charge in [-0.15, -0.1) is 11.8 Å². The smallest absolute Gasteiger partial charge is 0.0556 e. The Morgan fingerprint density at radius 1 is 1.47 bits per heavy atom. The molecule has 0 aliphatic heterocycles. The van der Waals surface area contributed by atoms with Gasteiger partial charge in [0.15, 0.2) is 0 Å². The van der Waals surface area contributed by atoms with E-state index in [1.807, 2.05) is 0 Å². The van der Waals surface area contributed by atoms with E-state index in [0.717, 1.165) is 23.3 Å². The minimum absolute atomic E-state index is 0.697. The average molecular weight is 290 g/mol. The molecule has 0 fully saturated rings. The zero-order valence-corrected chi connectivity index (χ0v) is 11.2. The summed E-state index contributed by atoms with van der Waals surface area (Å²) in [6.45, 7) is 1.48. The first-order chi connectivity index (χ1) is 7.27. The van der Waals surface area contributed by atoms with Crippen LogP contribution in [0.15, 0.2) is 27.6 Å². The number of thioether (sulfide) groups is 1. The molecule has 84 valence electrons. The molecule has 0 amide bonds. The number of nitrogens with two attached hydrogens (primary N) is 1. The zero-order chi connectivity index (χ0) is 11.1. The minimum Gasteiger partial charge on any atom is -0.384 e. The van der Waals surface area contributed by atoms with Crippen LogP contribution in [0.5, 0.6) is 0 Å². The van der Waals surface area contributed by atoms with E-state index in [9.17, 15) is 0 Å². The fourth-order valence-corrected chi connectivity index (χ4v) is 2.82. The average Bonchev–Trinajstić information content (AvgIpc) is 2.22. The van der Waals surface area contributed by atoms with E-state index in [0.29, 0.717) is 6.54 Å². The van der Waals surface area contributed by atoms with Gasteiger partial charge in [0.05, 0.1) is 6.61 Å². The van der Waals surface area contributed by atoms with E-state index in [4.69, 9.17) is 10.5 Å². The van der Waals surface area contributed by atoms with Crippen molar-refractivity contribution >= 4 is 27.7 Å². The van der Waals surface area contributed by atoms with Crippen LogP contribution in [0.1, 0.15) is 5.56 Å². The van der Waals surface area contributed by atoms with Crippen molar-refractivity contribution in [1.29, 1.82) is 0 Å². The Morgan fingerprint density at radius 3 is 2.87 bits per heavy atom. The Morgan fingerprint density at radius 2 is 2.27 bits per heavy atom. The highest BCUT2D eigenvalue weighted by Crippen LogP contribution is 2.28. The molecule has 0 spiro atoms. The molecule has 0 aliphatic rings. The maximum atomic E-state index is 5.51. The predicted molar refractivity (Wildman–Crippen MR) is 69.5 cm³/mol. The van der Waals surface area contributed by atoms with E-state index in [2.05, 4.69) is 34.1 Å². The molecule has 2 N–H and O–H groups in total. The van der Waals surface area contributed by atoms with Crippen LogP contribution in [-0.2, 0) is 11.2 Å². The standard InChI is InChI=1S/C11H16BrNOS/c1-14-6-7-15-11-3-2-9(4-5-13)8-10(11)12/h2-3,8H,4-7,13H2,1H3. The molecule has 15 heavy (non-hydrogen) atoms. The zero-order valence-electron chi connectivity index (χ0n) is 8.83. The van der Waals surface area contributed by atoms with Crippen molar-refractivity contribution in [2.75, 3.05) is 26.0 Å². The Labute approximate surface area is 104 Å². The summed E-state index contributed by atoms with van der Waals surface area (Å²) in [7, 11) is 1.72. The number of hydrogen-bond donors (Lipinski definition) is 1. The van der Waals surface area contributed by atoms with Gasteiger partial charge in [-0.3, -0.25) is 0 Å². The molecule has 4 heteroatoms. The van der Waals surface area contributed by atoms with Crippen LogP contribution in [0.2, 0.25) is 0 Å². The van der Waals surface area contributed by atoms with Gasteiger partial charge in [0, 0.05) is 22.2 Å². The summed E-state index contributed by atoms with van der Waals surface area (Å²) in [5.74, 6) is 0.978. The molecule has 2 nitrogen and oxygen atoms in total. The van der Waals surface area contributed by atoms with Crippen LogP contribution in [0.25, 0.3) is 0 Å². The fraction of sp³-hybridized carbons (Fsp3) is 0.455. The molecule has 0 saturated heterocycles. The quantitative estimate of drug-likeness (QED) is 0.646. The summed E-state index contributed by atoms with van der Waals surface area (Å²) in [5, 5.41) is 0. The normalized spacial score (nSPS) is 10.6. The van der Waals surface area contributed by atoms with Crippen LogP contribution in [0, 0.1) is 0 Å². The lowest BCUT2D eigenvalue weighted by atomic mass is 10.2. The van der Waals surface area contributed by atoms with Gasteiger partial charge in [-0.25, -0.2) is 0 Å². The third-order valence-corrected chi connectivity index (χ3v) is 3.93. The summed E-state index contributed by atoms with van der Waals surface area (Å²) in [4.78, 5) is 1.26. The van der Waals surface area contributed by atoms with Gasteiger partial charge in [0.25, 0.3) is 0 Å². The lowest BCUT2D eigenvalue weighted by Gasteiger charge is -2.06. The first-order valence-corrected chi connectivity index (χ1v) is 6.66. The first kappa shape index (κ1) is 13.0.